The van der Waals surface area contributed by atoms with E-state index in [0.717, 1.165) is 64.2 Å². The number of aliphatic hydroxyl groups is 2. The third-order valence-corrected chi connectivity index (χ3v) is 28.5. The zero-order valence-corrected chi connectivity index (χ0v) is 78.8. The number of fused-ring (bicyclic) bond motifs is 7. The second kappa shape index (κ2) is 44.1. The smallest absolute Gasteiger partial charge is 0.410 e. The van der Waals surface area contributed by atoms with Gasteiger partial charge in [-0.1, -0.05) is 89.3 Å². The zero-order chi connectivity index (χ0) is 94.6. The minimum atomic E-state index is -2.49. The molecule has 4 saturated heterocycles. The van der Waals surface area contributed by atoms with Gasteiger partial charge in [0.05, 0.1) is 67.7 Å². The summed E-state index contributed by atoms with van der Waals surface area (Å²) in [5.41, 5.74) is 15.9. The van der Waals surface area contributed by atoms with Crippen molar-refractivity contribution in [2.75, 3.05) is 129 Å². The van der Waals surface area contributed by atoms with E-state index in [1.807, 2.05) is 90.9 Å². The number of aliphatic hydroxyl groups excluding tert-OH is 1. The van der Waals surface area contributed by atoms with Gasteiger partial charge < -0.3 is 83.5 Å². The Bertz CT molecular complexity index is 5490. The number of ketones is 3. The van der Waals surface area contributed by atoms with Gasteiger partial charge >= 0.3 is 12.1 Å². The fourth-order valence-corrected chi connectivity index (χ4v) is 20.2. The number of nitrogen functional groups attached to an aromatic ring is 1. The molecule has 134 heavy (non-hydrogen) atoms. The number of H-pyrrole nitrogens is 1. The molecule has 5 fully saturated rings. The summed E-state index contributed by atoms with van der Waals surface area (Å²) in [6.07, 6.45) is 20.9. The number of hydrogen-bond acceptors (Lipinski definition) is 29. The standard InChI is InChI=1S/C99H130N18O17/c1-60-16-12-11-13-17-61(2)80(128-8)50-75-23-19-66(7)99(127,134-75)89(122)94(124)116-30-15-14-18-77(116)95(125)132-81(51-78(118)62(3)45-65(6)87(121)88(130-10)86(120)64(5)44-60)63(4)46-67-21-24-79(82(48-67)129-9)133-98(126)115-32-27-76-74(58-115)55-105-97(108-76)113-39-37-111(38-40-113)83(119)28-42-131-43-41-110-33-35-112(36-34-110)96-103-53-73(54-104-96)93(123)114-31-26-69-47-68(20-22-71(69)57-114)56-117-92-84(90(100)106-59-107-92)85(109-117)72-49-70-25-29-101-91(70)102-52-72/h11-13,16-17,20,22,25,29,45,47,49,52-55,59-60,62-64,66-67,75,77,79-82,87-88,121,127H,14-15,18-19,21,23-24,26-28,30-44,46,48,50-51,56-58H2,1-10H3,(H,101,102)(H2,100,106,107)/b13-11?,16-12+,61-17?,65-45+/t60-,62-,63-,64-,66-,67+,75+,77+,79-,80+,81+,82-,87-,88+,99-/m1/s1. The van der Waals surface area contributed by atoms with Crippen LogP contribution in [0.15, 0.2) is 115 Å². The van der Waals surface area contributed by atoms with Crippen molar-refractivity contribution >= 4 is 86.9 Å². The van der Waals surface area contributed by atoms with Crippen molar-refractivity contribution < 1.29 is 81.7 Å². The number of carbonyl (C=O) groups excluding carboxylic acids is 8. The highest BCUT2D eigenvalue weighted by Crippen LogP contribution is 2.41. The molecule has 718 valence electrons. The van der Waals surface area contributed by atoms with Crippen LogP contribution in [0.2, 0.25) is 0 Å². The summed E-state index contributed by atoms with van der Waals surface area (Å²) in [4.78, 5) is 163. The summed E-state index contributed by atoms with van der Waals surface area (Å²) in [5, 5.41) is 30.5. The average molecular weight is 1840 g/mol. The lowest BCUT2D eigenvalue weighted by molar-refractivity contribution is -0.265. The molecule has 15 atom stereocenters. The third kappa shape index (κ3) is 22.8. The van der Waals surface area contributed by atoms with Crippen molar-refractivity contribution in [3.63, 3.8) is 0 Å². The molecule has 1 aromatic carbocycles. The number of Topliss-reactive ketones (excluding diaryl/α,β-unsaturated/α-hetero) is 3. The lowest BCUT2D eigenvalue weighted by Crippen LogP contribution is -2.61. The molecule has 0 unspecified atom stereocenters. The number of aromatic amines is 1. The van der Waals surface area contributed by atoms with Gasteiger partial charge in [-0.25, -0.2) is 49.2 Å². The predicted octanol–water partition coefficient (Wildman–Crippen LogP) is 9.35. The van der Waals surface area contributed by atoms with E-state index in [2.05, 4.69) is 62.8 Å². The van der Waals surface area contributed by atoms with Gasteiger partial charge in [0.1, 0.15) is 59.7 Å². The topological polar surface area (TPSA) is 414 Å². The number of nitrogens with two attached hydrogens (primary N) is 1. The lowest BCUT2D eigenvalue weighted by Gasteiger charge is -2.42. The number of esters is 1. The van der Waals surface area contributed by atoms with E-state index >= 15 is 0 Å². The summed E-state index contributed by atoms with van der Waals surface area (Å²) in [6.45, 7) is 21.4. The molecule has 4 amide bonds. The van der Waals surface area contributed by atoms with E-state index in [4.69, 9.17) is 54.0 Å². The van der Waals surface area contributed by atoms with E-state index in [0.29, 0.717) is 195 Å². The summed E-state index contributed by atoms with van der Waals surface area (Å²) in [5.74, 6) is -7.30. The van der Waals surface area contributed by atoms with Gasteiger partial charge in [0, 0.05) is 191 Å². The van der Waals surface area contributed by atoms with Crippen molar-refractivity contribution in [2.24, 2.45) is 35.5 Å². The number of aromatic nitrogens is 10. The Morgan fingerprint density at radius 2 is 1.48 bits per heavy atom. The molecule has 7 aliphatic heterocycles. The third-order valence-electron chi connectivity index (χ3n) is 28.5. The van der Waals surface area contributed by atoms with Crippen LogP contribution in [0.25, 0.3) is 33.3 Å². The van der Waals surface area contributed by atoms with Gasteiger partial charge in [-0.2, -0.15) is 5.10 Å². The number of hydrogen-bond donors (Lipinski definition) is 4. The normalized spacial score (nSPS) is 27.6. The van der Waals surface area contributed by atoms with Gasteiger partial charge in [-0.3, -0.25) is 33.7 Å². The van der Waals surface area contributed by atoms with E-state index in [1.54, 1.807) is 70.8 Å². The van der Waals surface area contributed by atoms with Gasteiger partial charge in [0.15, 0.2) is 11.4 Å². The number of pyridine rings is 1. The number of amides is 4. The van der Waals surface area contributed by atoms with Crippen LogP contribution in [0.1, 0.15) is 170 Å². The minimum Gasteiger partial charge on any atom is -0.460 e. The molecule has 8 aliphatic rings. The van der Waals surface area contributed by atoms with Gasteiger partial charge in [-0.15, -0.1) is 0 Å². The molecular formula is C99H130N18O17. The average Bonchev–Trinajstić information content (AvgIpc) is 1.59. The van der Waals surface area contributed by atoms with Crippen molar-refractivity contribution in [3.05, 3.63) is 149 Å². The highest BCUT2D eigenvalue weighted by Gasteiger charge is 2.54. The summed E-state index contributed by atoms with van der Waals surface area (Å²) in [7, 11) is 4.53. The maximum absolute atomic E-state index is 14.9. The van der Waals surface area contributed by atoms with Crippen LogP contribution in [0, 0.1) is 35.5 Å². The number of methoxy groups -OCH3 is 3. The molecule has 7 aromatic rings. The molecule has 1 aliphatic carbocycles. The largest absolute Gasteiger partial charge is 0.460 e. The summed E-state index contributed by atoms with van der Waals surface area (Å²) >= 11 is 0. The van der Waals surface area contributed by atoms with Crippen LogP contribution in [-0.2, 0) is 94.4 Å². The summed E-state index contributed by atoms with van der Waals surface area (Å²) in [6, 6.07) is 9.11. The second-order valence-electron chi connectivity index (χ2n) is 37.8. The molecule has 15 rings (SSSR count). The van der Waals surface area contributed by atoms with Crippen LogP contribution in [0.5, 0.6) is 0 Å². The second-order valence-corrected chi connectivity index (χ2v) is 37.8. The van der Waals surface area contributed by atoms with Gasteiger partial charge in [0.25, 0.3) is 17.6 Å². The number of anilines is 3. The molecule has 6 aromatic heterocycles. The lowest BCUT2D eigenvalue weighted by atomic mass is 9.78. The maximum atomic E-state index is 14.9. The Labute approximate surface area is 782 Å². The van der Waals surface area contributed by atoms with Crippen LogP contribution in [0.3, 0.4) is 0 Å². The number of carbonyl (C=O) groups is 8. The van der Waals surface area contributed by atoms with E-state index in [-0.39, 0.29) is 74.0 Å². The molecule has 0 spiro atoms. The van der Waals surface area contributed by atoms with Crippen LogP contribution in [0.4, 0.5) is 22.5 Å². The van der Waals surface area contributed by atoms with Crippen molar-refractivity contribution in [1.82, 2.24) is 74.2 Å². The van der Waals surface area contributed by atoms with Crippen LogP contribution in [-0.4, -0.2) is 299 Å². The quantitative estimate of drug-likeness (QED) is 0.0253. The number of nitrogens with zero attached hydrogens (tertiary/aromatic N) is 16. The number of ether oxygens (including phenoxy) is 7. The van der Waals surface area contributed by atoms with E-state index in [1.165, 1.54) is 23.9 Å². The zero-order valence-electron chi connectivity index (χ0n) is 78.8. The van der Waals surface area contributed by atoms with Gasteiger partial charge in [-0.05, 0) is 142 Å². The fraction of sp³-hybridized carbons (Fsp3) is 0.576. The number of piperazine rings is 2. The molecule has 2 bridgehead atoms. The fourth-order valence-electron chi connectivity index (χ4n) is 20.2. The predicted molar refractivity (Wildman–Crippen MR) is 499 cm³/mol. The minimum absolute atomic E-state index is 0.0232. The number of benzene rings is 1. The number of cyclic esters (lactones) is 1. The first kappa shape index (κ1) is 97.4. The van der Waals surface area contributed by atoms with Crippen molar-refractivity contribution in [3.8, 4) is 11.3 Å². The Morgan fingerprint density at radius 3 is 2.25 bits per heavy atom. The molecule has 5 N–H and O–H groups in total. The molecule has 35 heteroatoms. The first-order chi connectivity index (χ1) is 64.6. The Balaban J connectivity index is 0.485. The number of allylic oxidation sites excluding steroid dienone is 6. The van der Waals surface area contributed by atoms with Crippen LogP contribution >= 0.6 is 0 Å². The molecule has 35 nitrogen and oxygen atoms in total. The molecule has 0 radical (unpaired) electrons. The number of rotatable bonds is 19. The van der Waals surface area contributed by atoms with Crippen molar-refractivity contribution in [1.29, 1.82) is 0 Å². The Hall–Kier alpha value is -11.2. The van der Waals surface area contributed by atoms with Crippen molar-refractivity contribution in [2.45, 2.75) is 219 Å². The Morgan fingerprint density at radius 1 is 0.716 bits per heavy atom. The van der Waals surface area contributed by atoms with Gasteiger partial charge in [0.2, 0.25) is 23.6 Å². The molecule has 1 saturated carbocycles. The van der Waals surface area contributed by atoms with E-state index in [9.17, 15) is 48.6 Å². The first-order valence-electron chi connectivity index (χ1n) is 47.6. The summed E-state index contributed by atoms with van der Waals surface area (Å²) < 4.78 is 44.5. The Kier molecular flexibility index (Phi) is 32.0. The highest BCUT2D eigenvalue weighted by molar-refractivity contribution is 6.39. The van der Waals surface area contributed by atoms with Crippen LogP contribution < -0.4 is 15.5 Å². The number of piperidine rings is 1. The monoisotopic (exact) mass is 1840 g/mol. The first-order valence-corrected chi connectivity index (χ1v) is 47.6. The number of nitrogens with one attached hydrogen (secondary N) is 1. The van der Waals surface area contributed by atoms with E-state index < -0.39 is 102 Å². The molecule has 13 heterocycles. The maximum Gasteiger partial charge on any atom is 0.410 e. The molecular weight excluding hydrogens is 1710 g/mol. The highest BCUT2D eigenvalue weighted by atomic mass is 16.6. The SMILES string of the molecule is CO[C@H]1C[C@@H]2CC[C@@H](C)[C@@](O)(O2)C(=O)C(=O)N2CCCC[C@H]2C(=O)O[C@H]([C@H](C)C[C@@H]2CC[C@@H](OC(=O)N3CCc4nc(N5CCN(C(=O)CCOCCN6CCN(c7ncc(C(=O)N8CCc9cc(Cn%10nc(-c%11cnc%12[nH]ccc%12c%11)c%11c(N)ncnc%11%10)ccc9C8)cn7)CC6)CC5)ncc4C3)[C@H](OC)C2)CC(=O)[C@H](C)/C=C(\C)[C@@H](O)[C@@H](OC)C(=O)[C@H](C)C[C@H](C)/C=C/C=CC=C1C.